The molecule has 2 aliphatic heterocycles. The van der Waals surface area contributed by atoms with E-state index in [1.54, 1.807) is 6.54 Å². The predicted octanol–water partition coefficient (Wildman–Crippen LogP) is 0.809. The van der Waals surface area contributed by atoms with E-state index in [2.05, 4.69) is 64.6 Å². The van der Waals surface area contributed by atoms with Crippen molar-refractivity contribution in [2.75, 3.05) is 13.1 Å². The monoisotopic (exact) mass is 439 g/mol. The first-order valence-corrected chi connectivity index (χ1v) is 10.9. The van der Waals surface area contributed by atoms with Gasteiger partial charge in [-0.15, -0.1) is 18.7 Å². The van der Waals surface area contributed by atoms with Crippen LogP contribution in [0.5, 0.6) is 0 Å². The smallest absolute Gasteiger partial charge is 0.383 e. The molecule has 0 aliphatic carbocycles. The second-order valence-corrected chi connectivity index (χ2v) is 7.77. The van der Waals surface area contributed by atoms with Crippen LogP contribution < -0.4 is 51.5 Å². The summed E-state index contributed by atoms with van der Waals surface area (Å²) < 4.78 is 0. The fraction of sp³-hybridized carbons (Fsp3) is 0.269. The molecule has 6 heteroatoms. The Bertz CT molecular complexity index is 866. The quantitative estimate of drug-likeness (QED) is 0.362. The molecule has 1 atom stereocenters. The van der Waals surface area contributed by atoms with Crippen molar-refractivity contribution in [2.45, 2.75) is 31.8 Å². The van der Waals surface area contributed by atoms with Crippen LogP contribution in [0.3, 0.4) is 0 Å². The summed E-state index contributed by atoms with van der Waals surface area (Å²) in [7, 11) is 0. The van der Waals surface area contributed by atoms with E-state index in [1.165, 1.54) is 17.7 Å². The van der Waals surface area contributed by atoms with Crippen molar-refractivity contribution in [3.63, 3.8) is 0 Å². The van der Waals surface area contributed by atoms with Crippen LogP contribution in [0.4, 0.5) is 0 Å². The van der Waals surface area contributed by atoms with Gasteiger partial charge in [-0.05, 0) is 24.5 Å². The second-order valence-electron chi connectivity index (χ2n) is 7.77. The molecule has 164 valence electrons. The molecule has 0 bridgehead atoms. The number of hydrogen-bond donors (Lipinski definition) is 4. The maximum absolute atomic E-state index is 5.22. The van der Waals surface area contributed by atoms with Gasteiger partial charge >= 0.3 is 29.6 Å². The van der Waals surface area contributed by atoms with Gasteiger partial charge in [0.15, 0.2) is 0 Å². The summed E-state index contributed by atoms with van der Waals surface area (Å²) in [6, 6.07) is 20.6. The zero-order valence-electron chi connectivity index (χ0n) is 19.2. The van der Waals surface area contributed by atoms with E-state index >= 15 is 0 Å². The molecule has 0 saturated carbocycles. The third kappa shape index (κ3) is 8.08. The van der Waals surface area contributed by atoms with Crippen LogP contribution in [0, 0.1) is 6.54 Å². The van der Waals surface area contributed by atoms with Crippen LogP contribution >= 0.6 is 0 Å². The number of likely N-dealkylation sites (tertiary alicyclic amines) is 1. The maximum atomic E-state index is 5.22. The van der Waals surface area contributed by atoms with Gasteiger partial charge in [0, 0.05) is 43.1 Å². The van der Waals surface area contributed by atoms with Gasteiger partial charge in [-0.2, -0.15) is 17.7 Å². The first kappa shape index (κ1) is 26.1. The molecule has 5 N–H and O–H groups in total. The first-order valence-electron chi connectivity index (χ1n) is 10.9. The number of rotatable bonds is 8. The third-order valence-electron chi connectivity index (χ3n) is 5.51. The Morgan fingerprint density at radius 2 is 1.78 bits per heavy atom. The number of hydrazine groups is 1. The molecule has 32 heavy (non-hydrogen) atoms. The van der Waals surface area contributed by atoms with E-state index in [4.69, 9.17) is 5.73 Å². The van der Waals surface area contributed by atoms with Gasteiger partial charge in [-0.1, -0.05) is 49.6 Å². The van der Waals surface area contributed by atoms with E-state index in [-0.39, 0.29) is 29.6 Å². The van der Waals surface area contributed by atoms with Crippen molar-refractivity contribution in [3.8, 4) is 0 Å². The molecular weight excluding hydrogens is 405 g/mol. The van der Waals surface area contributed by atoms with Crippen molar-refractivity contribution < 1.29 is 29.6 Å². The van der Waals surface area contributed by atoms with Gasteiger partial charge in [0.1, 0.15) is 0 Å². The van der Waals surface area contributed by atoms with Crippen LogP contribution in [0.1, 0.15) is 30.4 Å². The molecule has 1 saturated heterocycles. The molecule has 2 aliphatic rings. The van der Waals surface area contributed by atoms with Crippen molar-refractivity contribution >= 4 is 0 Å². The maximum Gasteiger partial charge on any atom is 1.00 e. The van der Waals surface area contributed by atoms with E-state index in [0.29, 0.717) is 6.04 Å². The number of nitrogens with zero attached hydrogens (tertiary/aromatic N) is 1. The molecule has 0 amide bonds. The molecule has 2 aromatic carbocycles. The number of hydrogen-bond acceptors (Lipinski definition) is 5. The molecule has 1 fully saturated rings. The summed E-state index contributed by atoms with van der Waals surface area (Å²) in [6.45, 7) is 12.9. The van der Waals surface area contributed by atoms with Gasteiger partial charge in [0.25, 0.3) is 0 Å². The van der Waals surface area contributed by atoms with Crippen molar-refractivity contribution in [2.24, 2.45) is 5.73 Å². The standard InChI is InChI=1S/C19H26N4.C7H8N.Na/c1-15(13-18-10-11-21-22-18)23-12-6-9-19(23)16(2)20-14-17-7-4-3-5-8-17;8-6-7-4-2-1-3-5-7;/h3-5,7-8,10,19-22H,1-2,6,9,11-14H2;1-6H,8H2;/q;-1;+1. The molecule has 0 aromatic heterocycles. The van der Waals surface area contributed by atoms with Gasteiger partial charge in [0.05, 0.1) is 6.04 Å². The topological polar surface area (TPSA) is 65.3 Å². The summed E-state index contributed by atoms with van der Waals surface area (Å²) >= 11 is 0. The summed E-state index contributed by atoms with van der Waals surface area (Å²) in [5, 5.41) is 3.50. The van der Waals surface area contributed by atoms with Crippen LogP contribution in [0.25, 0.3) is 0 Å². The zero-order chi connectivity index (χ0) is 21.9. The Morgan fingerprint density at radius 3 is 2.38 bits per heavy atom. The van der Waals surface area contributed by atoms with Gasteiger partial charge in [0.2, 0.25) is 0 Å². The van der Waals surface area contributed by atoms with Gasteiger partial charge in [-0.25, -0.2) is 5.43 Å². The Morgan fingerprint density at radius 1 is 1.09 bits per heavy atom. The fourth-order valence-corrected chi connectivity index (χ4v) is 3.83. The number of benzene rings is 2. The summed E-state index contributed by atoms with van der Waals surface area (Å²) in [5.41, 5.74) is 17.3. The predicted molar refractivity (Wildman–Crippen MR) is 129 cm³/mol. The SMILES string of the molecule is C=C(NCc1ccccc1)C1CCCN1C(=C)CC1=CCNN1.N[CH-]c1ccccc1.[Na+]. The minimum absolute atomic E-state index is 0. The summed E-state index contributed by atoms with van der Waals surface area (Å²) in [4.78, 5) is 2.40. The Kier molecular flexibility index (Phi) is 11.5. The zero-order valence-corrected chi connectivity index (χ0v) is 21.2. The molecular formula is C26H34N5Na. The molecule has 5 nitrogen and oxygen atoms in total. The Hall–Kier alpha value is -2.15. The molecule has 1 unspecified atom stereocenters. The van der Waals surface area contributed by atoms with Crippen LogP contribution in [0.2, 0.25) is 0 Å². The van der Waals surface area contributed by atoms with Crippen molar-refractivity contribution in [1.29, 1.82) is 0 Å². The Labute approximate surface area is 215 Å². The van der Waals surface area contributed by atoms with Gasteiger partial charge in [-0.3, -0.25) is 0 Å². The normalized spacial score (nSPS) is 16.6. The molecule has 0 spiro atoms. The van der Waals surface area contributed by atoms with E-state index < -0.39 is 0 Å². The second kappa shape index (κ2) is 14.1. The van der Waals surface area contributed by atoms with Crippen LogP contribution in [0.15, 0.2) is 97.0 Å². The summed E-state index contributed by atoms with van der Waals surface area (Å²) in [6.07, 6.45) is 5.39. The fourth-order valence-electron chi connectivity index (χ4n) is 3.83. The summed E-state index contributed by atoms with van der Waals surface area (Å²) in [5.74, 6) is 0. The average molecular weight is 440 g/mol. The average Bonchev–Trinajstić information content (AvgIpc) is 3.51. The van der Waals surface area contributed by atoms with Crippen LogP contribution in [-0.4, -0.2) is 24.0 Å². The van der Waals surface area contributed by atoms with E-state index in [0.717, 1.165) is 49.4 Å². The molecule has 4 rings (SSSR count). The van der Waals surface area contributed by atoms with E-state index in [1.807, 2.05) is 36.4 Å². The number of nitrogens with two attached hydrogens (primary N) is 1. The van der Waals surface area contributed by atoms with E-state index in [9.17, 15) is 0 Å². The third-order valence-corrected chi connectivity index (χ3v) is 5.51. The van der Waals surface area contributed by atoms with Crippen LogP contribution in [-0.2, 0) is 6.54 Å². The molecule has 2 aromatic rings. The number of nitrogens with one attached hydrogen (secondary N) is 3. The molecule has 2 heterocycles. The minimum Gasteiger partial charge on any atom is -0.383 e. The van der Waals surface area contributed by atoms with Gasteiger partial charge < -0.3 is 21.4 Å². The minimum atomic E-state index is 0. The van der Waals surface area contributed by atoms with Crippen molar-refractivity contribution in [1.82, 2.24) is 21.1 Å². The Balaban J connectivity index is 0.000000342. The van der Waals surface area contributed by atoms with Crippen molar-refractivity contribution in [3.05, 3.63) is 115 Å². The largest absolute Gasteiger partial charge is 1.00 e. The first-order chi connectivity index (χ1) is 15.2. The molecule has 0 radical (unpaired) electrons.